The molecule has 4 nitrogen and oxygen atoms in total. The number of para-hydroxylation sites is 3. The molecule has 0 saturated heterocycles. The van der Waals surface area contributed by atoms with Gasteiger partial charge in [0, 0.05) is 0 Å². The Morgan fingerprint density at radius 2 is 1.50 bits per heavy atom. The van der Waals surface area contributed by atoms with E-state index < -0.39 is 6.10 Å². The molecular weight excluding hydrogens is 278 g/mol. The summed E-state index contributed by atoms with van der Waals surface area (Å²) in [5, 5.41) is 10.3. The van der Waals surface area contributed by atoms with Gasteiger partial charge >= 0.3 is 0 Å². The maximum atomic E-state index is 9.82. The summed E-state index contributed by atoms with van der Waals surface area (Å²) in [5.41, 5.74) is 6.27. The van der Waals surface area contributed by atoms with Crippen molar-refractivity contribution >= 4 is 17.3 Å². The number of ether oxygens (including phenoxy) is 2. The Labute approximate surface area is 122 Å². The monoisotopic (exact) mass is 293 g/mol. The third kappa shape index (κ3) is 4.05. The van der Waals surface area contributed by atoms with Crippen molar-refractivity contribution in [2.24, 2.45) is 0 Å². The molecule has 0 saturated carbocycles. The lowest BCUT2D eigenvalue weighted by Crippen LogP contribution is -2.25. The molecule has 1 unspecified atom stereocenters. The summed E-state index contributed by atoms with van der Waals surface area (Å²) in [7, 11) is 0. The highest BCUT2D eigenvalue weighted by Gasteiger charge is 2.09. The molecule has 0 aliphatic rings. The van der Waals surface area contributed by atoms with Gasteiger partial charge in [-0.3, -0.25) is 0 Å². The molecule has 0 aromatic heterocycles. The van der Waals surface area contributed by atoms with E-state index in [9.17, 15) is 5.11 Å². The van der Waals surface area contributed by atoms with Gasteiger partial charge in [0.05, 0.1) is 10.7 Å². The van der Waals surface area contributed by atoms with Crippen LogP contribution in [0.5, 0.6) is 11.5 Å². The second-order valence-corrected chi connectivity index (χ2v) is 4.65. The molecule has 0 aliphatic heterocycles. The van der Waals surface area contributed by atoms with Crippen LogP contribution in [0.4, 0.5) is 5.69 Å². The van der Waals surface area contributed by atoms with Gasteiger partial charge in [-0.25, -0.2) is 0 Å². The molecule has 0 heterocycles. The van der Waals surface area contributed by atoms with Crippen molar-refractivity contribution in [2.45, 2.75) is 6.10 Å². The van der Waals surface area contributed by atoms with Crippen molar-refractivity contribution in [1.29, 1.82) is 0 Å². The molecule has 0 spiro atoms. The Bertz CT molecular complexity index is 513. The zero-order valence-electron chi connectivity index (χ0n) is 10.8. The van der Waals surface area contributed by atoms with Crippen molar-refractivity contribution in [3.63, 3.8) is 0 Å². The first-order valence-electron chi connectivity index (χ1n) is 6.19. The van der Waals surface area contributed by atoms with Gasteiger partial charge in [0.15, 0.2) is 0 Å². The molecule has 0 fully saturated rings. The van der Waals surface area contributed by atoms with Gasteiger partial charge in [-0.15, -0.1) is 0 Å². The molecule has 2 aromatic carbocycles. The summed E-state index contributed by atoms with van der Waals surface area (Å²) in [6.45, 7) is 0.190. The second-order valence-electron chi connectivity index (χ2n) is 4.24. The fourth-order valence-corrected chi connectivity index (χ4v) is 1.78. The summed E-state index contributed by atoms with van der Waals surface area (Å²) in [6, 6.07) is 14.2. The number of nitrogen functional groups attached to an aromatic ring is 1. The highest BCUT2D eigenvalue weighted by Crippen LogP contribution is 2.23. The molecule has 2 aromatic rings. The van der Waals surface area contributed by atoms with Crippen molar-refractivity contribution in [1.82, 2.24) is 0 Å². The lowest BCUT2D eigenvalue weighted by atomic mass is 10.3. The van der Waals surface area contributed by atoms with Gasteiger partial charge < -0.3 is 20.3 Å². The van der Waals surface area contributed by atoms with E-state index in [1.165, 1.54) is 0 Å². The number of aliphatic hydroxyl groups excluding tert-OH is 1. The number of anilines is 1. The minimum atomic E-state index is -0.772. The number of halogens is 1. The minimum Gasteiger partial charge on any atom is -0.489 e. The van der Waals surface area contributed by atoms with Crippen LogP contribution in [0, 0.1) is 0 Å². The van der Waals surface area contributed by atoms with Crippen molar-refractivity contribution < 1.29 is 14.6 Å². The van der Waals surface area contributed by atoms with Crippen molar-refractivity contribution in [3.05, 3.63) is 53.6 Å². The van der Waals surface area contributed by atoms with Gasteiger partial charge in [-0.2, -0.15) is 0 Å². The number of nitrogens with two attached hydrogens (primary N) is 1. The van der Waals surface area contributed by atoms with Gasteiger partial charge in [0.25, 0.3) is 0 Å². The van der Waals surface area contributed by atoms with Crippen molar-refractivity contribution in [2.75, 3.05) is 18.9 Å². The Morgan fingerprint density at radius 3 is 2.15 bits per heavy atom. The second kappa shape index (κ2) is 7.03. The van der Waals surface area contributed by atoms with Gasteiger partial charge in [-0.05, 0) is 24.3 Å². The summed E-state index contributed by atoms with van der Waals surface area (Å²) in [6.07, 6.45) is -0.772. The van der Waals surface area contributed by atoms with Gasteiger partial charge in [0.2, 0.25) is 0 Å². The van der Waals surface area contributed by atoms with E-state index >= 15 is 0 Å². The Morgan fingerprint density at radius 1 is 0.950 bits per heavy atom. The number of rotatable bonds is 6. The van der Waals surface area contributed by atoms with Crippen LogP contribution in [0.15, 0.2) is 48.5 Å². The molecule has 0 aliphatic carbocycles. The molecule has 0 amide bonds. The van der Waals surface area contributed by atoms with Gasteiger partial charge in [-0.1, -0.05) is 35.9 Å². The first kappa shape index (κ1) is 14.5. The fourth-order valence-electron chi connectivity index (χ4n) is 1.59. The van der Waals surface area contributed by atoms with Crippen LogP contribution in [0.2, 0.25) is 5.02 Å². The maximum Gasteiger partial charge on any atom is 0.142 e. The SMILES string of the molecule is Nc1ccccc1OCC(O)COc1ccccc1Cl. The molecule has 1 atom stereocenters. The standard InChI is InChI=1S/C15H16ClNO3/c16-12-5-1-3-7-14(12)19-9-11(18)10-20-15-8-4-2-6-13(15)17/h1-8,11,18H,9-10,17H2. The molecule has 3 N–H and O–H groups in total. The van der Waals surface area contributed by atoms with E-state index in [-0.39, 0.29) is 13.2 Å². The minimum absolute atomic E-state index is 0.0937. The van der Waals surface area contributed by atoms with E-state index in [4.69, 9.17) is 26.8 Å². The number of hydrogen-bond donors (Lipinski definition) is 2. The van der Waals surface area contributed by atoms with E-state index in [1.807, 2.05) is 24.3 Å². The van der Waals surface area contributed by atoms with E-state index in [0.717, 1.165) is 0 Å². The van der Waals surface area contributed by atoms with Crippen LogP contribution in [0.1, 0.15) is 0 Å². The molecule has 5 heteroatoms. The third-order valence-corrected chi connectivity index (χ3v) is 2.93. The Hall–Kier alpha value is -1.91. The van der Waals surface area contributed by atoms with Crippen LogP contribution in [-0.4, -0.2) is 24.4 Å². The normalized spacial score (nSPS) is 11.9. The van der Waals surface area contributed by atoms with Crippen LogP contribution in [0.3, 0.4) is 0 Å². The first-order valence-corrected chi connectivity index (χ1v) is 6.57. The average molecular weight is 294 g/mol. The van der Waals surface area contributed by atoms with Crippen LogP contribution in [0.25, 0.3) is 0 Å². The van der Waals surface area contributed by atoms with E-state index in [1.54, 1.807) is 24.3 Å². The van der Waals surface area contributed by atoms with Crippen LogP contribution in [-0.2, 0) is 0 Å². The highest BCUT2D eigenvalue weighted by molar-refractivity contribution is 6.32. The highest BCUT2D eigenvalue weighted by atomic mass is 35.5. The molecule has 106 valence electrons. The molecular formula is C15H16ClNO3. The zero-order chi connectivity index (χ0) is 14.4. The number of hydrogen-bond acceptors (Lipinski definition) is 4. The van der Waals surface area contributed by atoms with Gasteiger partial charge in [0.1, 0.15) is 30.8 Å². The molecule has 2 rings (SSSR count). The third-order valence-electron chi connectivity index (χ3n) is 2.62. The largest absolute Gasteiger partial charge is 0.489 e. The summed E-state index contributed by atoms with van der Waals surface area (Å²) < 4.78 is 10.9. The molecule has 0 radical (unpaired) electrons. The smallest absolute Gasteiger partial charge is 0.142 e. The van der Waals surface area contributed by atoms with Crippen LogP contribution < -0.4 is 15.2 Å². The quantitative estimate of drug-likeness (QED) is 0.804. The first-order chi connectivity index (χ1) is 9.66. The van der Waals surface area contributed by atoms with Crippen LogP contribution >= 0.6 is 11.6 Å². The Balaban J connectivity index is 1.80. The fraction of sp³-hybridized carbons (Fsp3) is 0.200. The maximum absolute atomic E-state index is 9.82. The lowest BCUT2D eigenvalue weighted by Gasteiger charge is -2.15. The number of aliphatic hydroxyl groups is 1. The topological polar surface area (TPSA) is 64.7 Å². The number of benzene rings is 2. The summed E-state index contributed by atoms with van der Waals surface area (Å²) >= 11 is 5.95. The lowest BCUT2D eigenvalue weighted by molar-refractivity contribution is 0.0629. The molecule has 0 bridgehead atoms. The predicted molar refractivity (Wildman–Crippen MR) is 79.3 cm³/mol. The van der Waals surface area contributed by atoms with Crippen molar-refractivity contribution in [3.8, 4) is 11.5 Å². The summed E-state index contributed by atoms with van der Waals surface area (Å²) in [5.74, 6) is 1.08. The average Bonchev–Trinajstić information content (AvgIpc) is 2.45. The summed E-state index contributed by atoms with van der Waals surface area (Å²) in [4.78, 5) is 0. The van der Waals surface area contributed by atoms with E-state index in [2.05, 4.69) is 0 Å². The molecule has 20 heavy (non-hydrogen) atoms. The Kier molecular flexibility index (Phi) is 5.09. The van der Waals surface area contributed by atoms with E-state index in [0.29, 0.717) is 22.2 Å². The predicted octanol–water partition coefficient (Wildman–Crippen LogP) is 2.74. The zero-order valence-corrected chi connectivity index (χ0v) is 11.6.